The van der Waals surface area contributed by atoms with E-state index < -0.39 is 5.97 Å². The number of hydrogen-bond acceptors (Lipinski definition) is 3. The Morgan fingerprint density at radius 3 is 2.29 bits per heavy atom. The molecule has 21 heavy (non-hydrogen) atoms. The zero-order valence-electron chi connectivity index (χ0n) is 12.7. The molecule has 1 aromatic rings. The number of carbonyl (C=O) groups excluding carboxylic acids is 1. The van der Waals surface area contributed by atoms with Crippen molar-refractivity contribution in [2.75, 3.05) is 13.1 Å². The fourth-order valence-corrected chi connectivity index (χ4v) is 1.88. The molecule has 0 aliphatic rings. The van der Waals surface area contributed by atoms with Gasteiger partial charge in [-0.05, 0) is 25.0 Å². The molecule has 0 unspecified atom stereocenters. The first-order valence-corrected chi connectivity index (χ1v) is 7.43. The highest BCUT2D eigenvalue weighted by molar-refractivity contribution is 5.84. The number of nitrogens with zero attached hydrogens (tertiary/aromatic N) is 1. The second-order valence-corrected chi connectivity index (χ2v) is 4.92. The maximum absolute atomic E-state index is 12.1. The maximum Gasteiger partial charge on any atom is 0.371 e. The van der Waals surface area contributed by atoms with Crippen molar-refractivity contribution in [1.82, 2.24) is 10.2 Å². The lowest BCUT2D eigenvalue weighted by Gasteiger charge is -2.22. The van der Waals surface area contributed by atoms with Gasteiger partial charge >= 0.3 is 12.0 Å². The molecule has 6 nitrogen and oxygen atoms in total. The minimum atomic E-state index is -1.11. The predicted octanol–water partition coefficient (Wildman–Crippen LogP) is 3.09. The van der Waals surface area contributed by atoms with Gasteiger partial charge in [-0.2, -0.15) is 0 Å². The summed E-state index contributed by atoms with van der Waals surface area (Å²) in [6.07, 6.45) is 4.02. The Hall–Kier alpha value is -1.98. The summed E-state index contributed by atoms with van der Waals surface area (Å²) in [6.45, 7) is 5.85. The summed E-state index contributed by atoms with van der Waals surface area (Å²) in [7, 11) is 0. The average molecular weight is 296 g/mol. The largest absolute Gasteiger partial charge is 0.475 e. The standard InChI is InChI=1S/C15H24N2O4/c1-3-5-9-17(10-6-4-2)15(20)16-11-12-7-8-13(21-12)14(18)19/h7-8H,3-6,9-11H2,1-2H3,(H,16,20)(H,18,19). The van der Waals surface area contributed by atoms with E-state index in [1.54, 1.807) is 11.0 Å². The number of carbonyl (C=O) groups is 2. The monoisotopic (exact) mass is 296 g/mol. The first-order chi connectivity index (χ1) is 10.1. The first-order valence-electron chi connectivity index (χ1n) is 7.43. The van der Waals surface area contributed by atoms with E-state index >= 15 is 0 Å². The molecule has 0 aliphatic carbocycles. The highest BCUT2D eigenvalue weighted by Gasteiger charge is 2.14. The van der Waals surface area contributed by atoms with Gasteiger partial charge in [-0.15, -0.1) is 0 Å². The van der Waals surface area contributed by atoms with E-state index in [9.17, 15) is 9.59 Å². The van der Waals surface area contributed by atoms with Gasteiger partial charge in [0.05, 0.1) is 6.54 Å². The highest BCUT2D eigenvalue weighted by atomic mass is 16.4. The molecule has 0 aromatic carbocycles. The van der Waals surface area contributed by atoms with Crippen molar-refractivity contribution < 1.29 is 19.1 Å². The third-order valence-electron chi connectivity index (χ3n) is 3.14. The SMILES string of the molecule is CCCCN(CCCC)C(=O)NCc1ccc(C(=O)O)o1. The van der Waals surface area contributed by atoms with Crippen LogP contribution < -0.4 is 5.32 Å². The Bertz CT molecular complexity index is 448. The second kappa shape index (κ2) is 9.05. The van der Waals surface area contributed by atoms with Crippen LogP contribution in [0.5, 0.6) is 0 Å². The number of aromatic carboxylic acids is 1. The van der Waals surface area contributed by atoms with E-state index in [1.165, 1.54) is 6.07 Å². The molecule has 0 saturated heterocycles. The summed E-state index contributed by atoms with van der Waals surface area (Å²) in [5, 5.41) is 11.5. The zero-order valence-corrected chi connectivity index (χ0v) is 12.7. The summed E-state index contributed by atoms with van der Waals surface area (Å²) in [5.74, 6) is -0.792. The topological polar surface area (TPSA) is 82.8 Å². The van der Waals surface area contributed by atoms with Crippen LogP contribution in [0, 0.1) is 0 Å². The Morgan fingerprint density at radius 1 is 1.19 bits per heavy atom. The molecule has 1 heterocycles. The van der Waals surface area contributed by atoms with E-state index in [0.29, 0.717) is 5.76 Å². The third-order valence-corrected chi connectivity index (χ3v) is 3.14. The van der Waals surface area contributed by atoms with Gasteiger partial charge in [0.15, 0.2) is 0 Å². The Morgan fingerprint density at radius 2 is 1.81 bits per heavy atom. The van der Waals surface area contributed by atoms with Crippen LogP contribution in [0.1, 0.15) is 55.8 Å². The molecule has 0 saturated carbocycles. The van der Waals surface area contributed by atoms with Crippen molar-refractivity contribution in [3.63, 3.8) is 0 Å². The van der Waals surface area contributed by atoms with E-state index in [4.69, 9.17) is 9.52 Å². The summed E-state index contributed by atoms with van der Waals surface area (Å²) in [6, 6.07) is 2.81. The molecule has 1 aromatic heterocycles. The average Bonchev–Trinajstić information content (AvgIpc) is 2.94. The van der Waals surface area contributed by atoms with Crippen LogP contribution in [-0.2, 0) is 6.54 Å². The van der Waals surface area contributed by atoms with Crippen molar-refractivity contribution in [2.45, 2.75) is 46.1 Å². The van der Waals surface area contributed by atoms with Crippen molar-refractivity contribution in [2.24, 2.45) is 0 Å². The van der Waals surface area contributed by atoms with Crippen molar-refractivity contribution >= 4 is 12.0 Å². The quantitative estimate of drug-likeness (QED) is 0.733. The molecule has 6 heteroatoms. The summed E-state index contributed by atoms with van der Waals surface area (Å²) in [4.78, 5) is 24.6. The minimum absolute atomic E-state index is 0.118. The Balaban J connectivity index is 2.48. The minimum Gasteiger partial charge on any atom is -0.475 e. The Labute approximate surface area is 125 Å². The number of carboxylic acid groups (broad SMARTS) is 1. The third kappa shape index (κ3) is 5.89. The molecule has 118 valence electrons. The molecular weight excluding hydrogens is 272 g/mol. The molecule has 2 amide bonds. The zero-order chi connectivity index (χ0) is 15.7. The lowest BCUT2D eigenvalue weighted by atomic mass is 10.3. The van der Waals surface area contributed by atoms with Gasteiger partial charge in [0.1, 0.15) is 5.76 Å². The van der Waals surface area contributed by atoms with Crippen molar-refractivity contribution in [1.29, 1.82) is 0 Å². The second-order valence-electron chi connectivity index (χ2n) is 4.92. The van der Waals surface area contributed by atoms with Crippen molar-refractivity contribution in [3.05, 3.63) is 23.7 Å². The fraction of sp³-hybridized carbons (Fsp3) is 0.600. The lowest BCUT2D eigenvalue weighted by Crippen LogP contribution is -2.40. The molecule has 0 fully saturated rings. The normalized spacial score (nSPS) is 10.4. The molecule has 1 rings (SSSR count). The maximum atomic E-state index is 12.1. The van der Waals surface area contributed by atoms with Gasteiger partial charge in [-0.1, -0.05) is 26.7 Å². The van der Waals surface area contributed by atoms with Crippen LogP contribution in [-0.4, -0.2) is 35.1 Å². The lowest BCUT2D eigenvalue weighted by molar-refractivity contribution is 0.0660. The predicted molar refractivity (Wildman–Crippen MR) is 79.3 cm³/mol. The number of rotatable bonds is 9. The van der Waals surface area contributed by atoms with Gasteiger partial charge in [0, 0.05) is 13.1 Å². The smallest absolute Gasteiger partial charge is 0.371 e. The van der Waals surface area contributed by atoms with E-state index in [0.717, 1.165) is 38.8 Å². The molecular formula is C15H24N2O4. The molecule has 0 aliphatic heterocycles. The van der Waals surface area contributed by atoms with Crippen LogP contribution >= 0.6 is 0 Å². The fourth-order valence-electron chi connectivity index (χ4n) is 1.88. The number of hydrogen-bond donors (Lipinski definition) is 2. The molecule has 0 bridgehead atoms. The number of unbranched alkanes of at least 4 members (excludes halogenated alkanes) is 2. The highest BCUT2D eigenvalue weighted by Crippen LogP contribution is 2.08. The van der Waals surface area contributed by atoms with Gasteiger partial charge in [-0.3, -0.25) is 0 Å². The number of urea groups is 1. The van der Waals surface area contributed by atoms with Gasteiger partial charge in [-0.25, -0.2) is 9.59 Å². The van der Waals surface area contributed by atoms with Gasteiger partial charge < -0.3 is 19.7 Å². The van der Waals surface area contributed by atoms with Crippen LogP contribution in [0.4, 0.5) is 4.79 Å². The van der Waals surface area contributed by atoms with Crippen LogP contribution in [0.2, 0.25) is 0 Å². The number of amides is 2. The molecule has 0 radical (unpaired) electrons. The van der Waals surface area contributed by atoms with E-state index in [2.05, 4.69) is 19.2 Å². The molecule has 0 spiro atoms. The molecule has 0 atom stereocenters. The van der Waals surface area contributed by atoms with Gasteiger partial charge in [0.2, 0.25) is 5.76 Å². The van der Waals surface area contributed by atoms with Crippen molar-refractivity contribution in [3.8, 4) is 0 Å². The van der Waals surface area contributed by atoms with Gasteiger partial charge in [0.25, 0.3) is 0 Å². The number of nitrogens with one attached hydrogen (secondary N) is 1. The number of carboxylic acids is 1. The van der Waals surface area contributed by atoms with Crippen LogP contribution in [0.3, 0.4) is 0 Å². The Kier molecular flexibility index (Phi) is 7.36. The van der Waals surface area contributed by atoms with E-state index in [-0.39, 0.29) is 18.3 Å². The van der Waals surface area contributed by atoms with Crippen LogP contribution in [0.25, 0.3) is 0 Å². The summed E-state index contributed by atoms with van der Waals surface area (Å²) in [5.41, 5.74) is 0. The molecule has 2 N–H and O–H groups in total. The summed E-state index contributed by atoms with van der Waals surface area (Å²) < 4.78 is 5.10. The first kappa shape index (κ1) is 17.1. The summed E-state index contributed by atoms with van der Waals surface area (Å²) >= 11 is 0. The van der Waals surface area contributed by atoms with E-state index in [1.807, 2.05) is 0 Å². The van der Waals surface area contributed by atoms with Crippen LogP contribution in [0.15, 0.2) is 16.5 Å². The number of furan rings is 1.